The molecule has 1 aliphatic heterocycles. The molecule has 2 amide bonds. The van der Waals surface area contributed by atoms with Crippen molar-refractivity contribution in [2.45, 2.75) is 0 Å². The normalized spacial score (nSPS) is 14.9. The van der Waals surface area contributed by atoms with Gasteiger partial charge in [-0.3, -0.25) is 14.5 Å². The van der Waals surface area contributed by atoms with Gasteiger partial charge in [0.05, 0.1) is 18.1 Å². The number of hydrogen-bond donors (Lipinski definition) is 2. The third-order valence-electron chi connectivity index (χ3n) is 3.49. The number of nitrogens with zero attached hydrogens (tertiary/aromatic N) is 2. The Morgan fingerprint density at radius 1 is 1.35 bits per heavy atom. The molecule has 1 aliphatic rings. The van der Waals surface area contributed by atoms with E-state index in [1.165, 1.54) is 18.2 Å². The van der Waals surface area contributed by atoms with Crippen molar-refractivity contribution in [2.24, 2.45) is 0 Å². The van der Waals surface area contributed by atoms with Gasteiger partial charge < -0.3 is 15.5 Å². The summed E-state index contributed by atoms with van der Waals surface area (Å²) in [6.45, 7) is 3.20. The third-order valence-corrected chi connectivity index (χ3v) is 3.78. The molecule has 0 atom stereocenters. The molecule has 0 bridgehead atoms. The number of benzene rings is 1. The summed E-state index contributed by atoms with van der Waals surface area (Å²) in [7, 11) is 1.71. The number of hydrogen-bond acceptors (Lipinski definition) is 4. The molecule has 1 aromatic rings. The van der Waals surface area contributed by atoms with Crippen LogP contribution in [0.4, 0.5) is 10.1 Å². The van der Waals surface area contributed by atoms with Crippen molar-refractivity contribution in [3.05, 3.63) is 29.0 Å². The van der Waals surface area contributed by atoms with Crippen LogP contribution in [0.25, 0.3) is 0 Å². The first-order chi connectivity index (χ1) is 11.0. The van der Waals surface area contributed by atoms with Crippen LogP contribution in [-0.2, 0) is 9.59 Å². The molecule has 126 valence electrons. The van der Waals surface area contributed by atoms with E-state index in [1.54, 1.807) is 16.8 Å². The Balaban J connectivity index is 1.79. The summed E-state index contributed by atoms with van der Waals surface area (Å²) in [5, 5.41) is 5.76. The van der Waals surface area contributed by atoms with Gasteiger partial charge in [0.15, 0.2) is 0 Å². The average Bonchev–Trinajstić information content (AvgIpc) is 2.51. The Kier molecular flexibility index (Phi) is 6.32. The molecule has 1 heterocycles. The molecule has 0 aromatic heterocycles. The van der Waals surface area contributed by atoms with Gasteiger partial charge in [-0.15, -0.1) is 0 Å². The molecule has 0 unspecified atom stereocenters. The number of rotatable bonds is 5. The molecule has 6 nitrogen and oxygen atoms in total. The van der Waals surface area contributed by atoms with E-state index in [9.17, 15) is 14.0 Å². The van der Waals surface area contributed by atoms with Gasteiger partial charge >= 0.3 is 0 Å². The van der Waals surface area contributed by atoms with Crippen molar-refractivity contribution in [2.75, 3.05) is 51.6 Å². The first-order valence-electron chi connectivity index (χ1n) is 7.37. The SMILES string of the molecule is CN(CC(=O)Nc1ccc(F)c(Cl)c1)CC(=O)N1CCNCC1. The van der Waals surface area contributed by atoms with Crippen LogP contribution in [-0.4, -0.2) is 67.9 Å². The molecule has 0 radical (unpaired) electrons. The number of likely N-dealkylation sites (N-methyl/N-ethyl adjacent to an activating group) is 1. The second-order valence-corrected chi connectivity index (χ2v) is 5.89. The summed E-state index contributed by atoms with van der Waals surface area (Å²) in [5.74, 6) is -0.821. The molecule has 1 aromatic carbocycles. The molecule has 2 rings (SSSR count). The van der Waals surface area contributed by atoms with Crippen LogP contribution in [0.1, 0.15) is 0 Å². The Bertz CT molecular complexity index is 579. The highest BCUT2D eigenvalue weighted by atomic mass is 35.5. The molecule has 1 fully saturated rings. The van der Waals surface area contributed by atoms with Crippen molar-refractivity contribution in [1.82, 2.24) is 15.1 Å². The standard InChI is InChI=1S/C15H20ClFN4O2/c1-20(10-15(23)21-6-4-18-5-7-21)9-14(22)19-11-2-3-13(17)12(16)8-11/h2-3,8,18H,4-7,9-10H2,1H3,(H,19,22). The van der Waals surface area contributed by atoms with E-state index in [0.717, 1.165) is 13.1 Å². The minimum absolute atomic E-state index is 0.00614. The molecule has 2 N–H and O–H groups in total. The van der Waals surface area contributed by atoms with Gasteiger partial charge in [-0.1, -0.05) is 11.6 Å². The summed E-state index contributed by atoms with van der Waals surface area (Å²) in [5.41, 5.74) is 0.420. The van der Waals surface area contributed by atoms with Crippen LogP contribution in [0.5, 0.6) is 0 Å². The molecular formula is C15H20ClFN4O2. The lowest BCUT2D eigenvalue weighted by molar-refractivity contribution is -0.133. The minimum Gasteiger partial charge on any atom is -0.339 e. The van der Waals surface area contributed by atoms with Gasteiger partial charge in [-0.25, -0.2) is 4.39 Å². The summed E-state index contributed by atoms with van der Waals surface area (Å²) >= 11 is 5.67. The lowest BCUT2D eigenvalue weighted by Gasteiger charge is -2.29. The minimum atomic E-state index is -0.539. The summed E-state index contributed by atoms with van der Waals surface area (Å²) < 4.78 is 13.1. The van der Waals surface area contributed by atoms with Gasteiger partial charge in [-0.05, 0) is 25.2 Å². The zero-order valence-electron chi connectivity index (χ0n) is 12.9. The fraction of sp³-hybridized carbons (Fsp3) is 0.467. The fourth-order valence-corrected chi connectivity index (χ4v) is 2.50. The highest BCUT2D eigenvalue weighted by molar-refractivity contribution is 6.31. The maximum atomic E-state index is 13.1. The number of carbonyl (C=O) groups is 2. The highest BCUT2D eigenvalue weighted by Crippen LogP contribution is 2.19. The third kappa shape index (κ3) is 5.46. The molecule has 8 heteroatoms. The van der Waals surface area contributed by atoms with Gasteiger partial charge in [-0.2, -0.15) is 0 Å². The van der Waals surface area contributed by atoms with Crippen LogP contribution in [0.3, 0.4) is 0 Å². The van der Waals surface area contributed by atoms with E-state index in [4.69, 9.17) is 11.6 Å². The summed E-state index contributed by atoms with van der Waals surface area (Å²) in [6.07, 6.45) is 0. The first-order valence-corrected chi connectivity index (χ1v) is 7.75. The van der Waals surface area contributed by atoms with E-state index in [1.807, 2.05) is 0 Å². The summed E-state index contributed by atoms with van der Waals surface area (Å²) in [6, 6.07) is 3.97. The highest BCUT2D eigenvalue weighted by Gasteiger charge is 2.18. The smallest absolute Gasteiger partial charge is 0.238 e. The second kappa shape index (κ2) is 8.24. The number of anilines is 1. The Labute approximate surface area is 139 Å². The van der Waals surface area contributed by atoms with Crippen LogP contribution >= 0.6 is 11.6 Å². The molecular weight excluding hydrogens is 323 g/mol. The molecule has 23 heavy (non-hydrogen) atoms. The quantitative estimate of drug-likeness (QED) is 0.830. The predicted molar refractivity (Wildman–Crippen MR) is 87.0 cm³/mol. The van der Waals surface area contributed by atoms with Crippen molar-refractivity contribution in [3.8, 4) is 0 Å². The molecule has 0 spiro atoms. The maximum Gasteiger partial charge on any atom is 0.238 e. The zero-order valence-corrected chi connectivity index (χ0v) is 13.7. The van der Waals surface area contributed by atoms with Gasteiger partial charge in [0.25, 0.3) is 0 Å². The monoisotopic (exact) mass is 342 g/mol. The number of halogens is 2. The predicted octanol–water partition coefficient (Wildman–Crippen LogP) is 0.781. The topological polar surface area (TPSA) is 64.7 Å². The van der Waals surface area contributed by atoms with Crippen molar-refractivity contribution >= 4 is 29.1 Å². The van der Waals surface area contributed by atoms with E-state index >= 15 is 0 Å². The molecule has 0 saturated carbocycles. The fourth-order valence-electron chi connectivity index (χ4n) is 2.32. The van der Waals surface area contributed by atoms with Crippen LogP contribution in [0, 0.1) is 5.82 Å². The number of piperazine rings is 1. The number of nitrogens with one attached hydrogen (secondary N) is 2. The van der Waals surface area contributed by atoms with Crippen LogP contribution in [0.15, 0.2) is 18.2 Å². The van der Waals surface area contributed by atoms with E-state index < -0.39 is 5.82 Å². The number of amides is 2. The lowest BCUT2D eigenvalue weighted by atomic mass is 10.3. The average molecular weight is 343 g/mol. The van der Waals surface area contributed by atoms with E-state index in [-0.39, 0.29) is 29.9 Å². The van der Waals surface area contributed by atoms with Gasteiger partial charge in [0.2, 0.25) is 11.8 Å². The van der Waals surface area contributed by atoms with Crippen molar-refractivity contribution in [3.63, 3.8) is 0 Å². The lowest BCUT2D eigenvalue weighted by Crippen LogP contribution is -2.49. The van der Waals surface area contributed by atoms with Crippen LogP contribution in [0.2, 0.25) is 5.02 Å². The summed E-state index contributed by atoms with van der Waals surface area (Å²) in [4.78, 5) is 27.5. The zero-order chi connectivity index (χ0) is 16.8. The van der Waals surface area contributed by atoms with Crippen LogP contribution < -0.4 is 10.6 Å². The van der Waals surface area contributed by atoms with Crippen molar-refractivity contribution < 1.29 is 14.0 Å². The van der Waals surface area contributed by atoms with E-state index in [0.29, 0.717) is 18.8 Å². The Hall–Kier alpha value is -1.70. The second-order valence-electron chi connectivity index (χ2n) is 5.48. The Morgan fingerprint density at radius 3 is 2.70 bits per heavy atom. The van der Waals surface area contributed by atoms with E-state index in [2.05, 4.69) is 10.6 Å². The van der Waals surface area contributed by atoms with Crippen molar-refractivity contribution in [1.29, 1.82) is 0 Å². The Morgan fingerprint density at radius 2 is 2.04 bits per heavy atom. The largest absolute Gasteiger partial charge is 0.339 e. The first kappa shape index (κ1) is 17.7. The maximum absolute atomic E-state index is 13.1. The van der Waals surface area contributed by atoms with Gasteiger partial charge in [0, 0.05) is 31.9 Å². The molecule has 0 aliphatic carbocycles. The number of carbonyl (C=O) groups excluding carboxylic acids is 2. The molecule has 1 saturated heterocycles. The van der Waals surface area contributed by atoms with Gasteiger partial charge in [0.1, 0.15) is 5.82 Å².